The van der Waals surface area contributed by atoms with Crippen LogP contribution in [0.3, 0.4) is 0 Å². The summed E-state index contributed by atoms with van der Waals surface area (Å²) in [4.78, 5) is 14.0. The van der Waals surface area contributed by atoms with Crippen molar-refractivity contribution in [1.82, 2.24) is 4.90 Å². The van der Waals surface area contributed by atoms with Gasteiger partial charge in [0.2, 0.25) is 0 Å². The Kier molecular flexibility index (Phi) is 3.93. The Morgan fingerprint density at radius 3 is 2.50 bits per heavy atom. The molecular formula is C13H19NO2. The van der Waals surface area contributed by atoms with Crippen LogP contribution >= 0.6 is 0 Å². The van der Waals surface area contributed by atoms with E-state index in [1.165, 1.54) is 0 Å². The zero-order valence-electron chi connectivity index (χ0n) is 10.3. The highest BCUT2D eigenvalue weighted by atomic mass is 16.3. The second kappa shape index (κ2) is 5.01. The van der Waals surface area contributed by atoms with Crippen molar-refractivity contribution in [3.8, 4) is 5.75 Å². The van der Waals surface area contributed by atoms with Crippen LogP contribution in [0.25, 0.3) is 0 Å². The molecule has 0 bridgehead atoms. The number of carbonyl (C=O) groups excluding carboxylic acids is 1. The van der Waals surface area contributed by atoms with E-state index in [1.807, 2.05) is 27.7 Å². The van der Waals surface area contributed by atoms with Crippen molar-refractivity contribution in [3.63, 3.8) is 0 Å². The third kappa shape index (κ3) is 2.54. The minimum Gasteiger partial charge on any atom is -0.508 e. The fourth-order valence-corrected chi connectivity index (χ4v) is 1.79. The van der Waals surface area contributed by atoms with E-state index in [2.05, 4.69) is 0 Å². The van der Waals surface area contributed by atoms with E-state index in [1.54, 1.807) is 23.1 Å². The van der Waals surface area contributed by atoms with Crippen LogP contribution in [-0.2, 0) is 0 Å². The Hall–Kier alpha value is -1.51. The molecule has 1 aromatic rings. The van der Waals surface area contributed by atoms with E-state index < -0.39 is 0 Å². The quantitative estimate of drug-likeness (QED) is 0.852. The van der Waals surface area contributed by atoms with Crippen LogP contribution in [0.2, 0.25) is 0 Å². The van der Waals surface area contributed by atoms with Crippen molar-refractivity contribution in [2.75, 3.05) is 6.54 Å². The third-order valence-electron chi connectivity index (χ3n) is 2.67. The summed E-state index contributed by atoms with van der Waals surface area (Å²) in [5.41, 5.74) is 1.47. The summed E-state index contributed by atoms with van der Waals surface area (Å²) in [6.07, 6.45) is 0. The van der Waals surface area contributed by atoms with Crippen LogP contribution in [-0.4, -0.2) is 28.5 Å². The summed E-state index contributed by atoms with van der Waals surface area (Å²) in [5.74, 6) is 0.219. The lowest BCUT2D eigenvalue weighted by Gasteiger charge is -2.25. The first kappa shape index (κ1) is 12.6. The Balaban J connectivity index is 3.04. The van der Waals surface area contributed by atoms with Gasteiger partial charge in [0.1, 0.15) is 5.75 Å². The van der Waals surface area contributed by atoms with Gasteiger partial charge in [-0.05, 0) is 51.5 Å². The Morgan fingerprint density at radius 2 is 2.06 bits per heavy atom. The molecule has 3 nitrogen and oxygen atoms in total. The maximum absolute atomic E-state index is 12.2. The van der Waals surface area contributed by atoms with Gasteiger partial charge in [-0.2, -0.15) is 0 Å². The maximum atomic E-state index is 12.2. The average molecular weight is 221 g/mol. The molecule has 0 saturated heterocycles. The number of aromatic hydroxyl groups is 1. The average Bonchev–Trinajstić information content (AvgIpc) is 2.17. The van der Waals surface area contributed by atoms with Gasteiger partial charge in [0.05, 0.1) is 0 Å². The van der Waals surface area contributed by atoms with Gasteiger partial charge in [0.25, 0.3) is 5.91 Å². The fraction of sp³-hybridized carbons (Fsp3) is 0.462. The number of amides is 1. The standard InChI is InChI=1S/C13H19NO2/c1-5-14(9(2)3)13(16)12-7-6-11(15)8-10(12)4/h6-9,15H,5H2,1-4H3. The highest BCUT2D eigenvalue weighted by Gasteiger charge is 2.18. The summed E-state index contributed by atoms with van der Waals surface area (Å²) in [6.45, 7) is 8.49. The molecule has 0 atom stereocenters. The number of carbonyl (C=O) groups is 1. The summed E-state index contributed by atoms with van der Waals surface area (Å²) in [7, 11) is 0. The molecule has 1 rings (SSSR count). The van der Waals surface area contributed by atoms with E-state index in [0.717, 1.165) is 5.56 Å². The van der Waals surface area contributed by atoms with Crippen molar-refractivity contribution < 1.29 is 9.90 Å². The summed E-state index contributed by atoms with van der Waals surface area (Å²) in [6, 6.07) is 5.03. The van der Waals surface area contributed by atoms with Crippen LogP contribution in [0, 0.1) is 6.92 Å². The zero-order valence-corrected chi connectivity index (χ0v) is 10.3. The van der Waals surface area contributed by atoms with Crippen molar-refractivity contribution in [2.24, 2.45) is 0 Å². The van der Waals surface area contributed by atoms with E-state index >= 15 is 0 Å². The van der Waals surface area contributed by atoms with Gasteiger partial charge in [-0.25, -0.2) is 0 Å². The molecule has 0 heterocycles. The minimum absolute atomic E-state index is 0.0231. The predicted octanol–water partition coefficient (Wildman–Crippen LogP) is 2.57. The van der Waals surface area contributed by atoms with Crippen LogP contribution in [0.1, 0.15) is 36.7 Å². The Labute approximate surface area is 96.7 Å². The van der Waals surface area contributed by atoms with Crippen molar-refractivity contribution in [2.45, 2.75) is 33.7 Å². The number of rotatable bonds is 3. The molecule has 0 saturated carbocycles. The molecular weight excluding hydrogens is 202 g/mol. The number of hydrogen-bond donors (Lipinski definition) is 1. The molecule has 88 valence electrons. The molecule has 0 aromatic heterocycles. The number of phenols is 1. The molecule has 1 amide bonds. The van der Waals surface area contributed by atoms with Gasteiger partial charge in [-0.3, -0.25) is 4.79 Å². The second-order valence-electron chi connectivity index (χ2n) is 4.18. The number of hydrogen-bond acceptors (Lipinski definition) is 2. The monoisotopic (exact) mass is 221 g/mol. The molecule has 0 aliphatic rings. The van der Waals surface area contributed by atoms with Crippen molar-refractivity contribution in [1.29, 1.82) is 0 Å². The highest BCUT2D eigenvalue weighted by molar-refractivity contribution is 5.96. The maximum Gasteiger partial charge on any atom is 0.254 e. The van der Waals surface area contributed by atoms with Gasteiger partial charge in [-0.1, -0.05) is 0 Å². The molecule has 0 aliphatic carbocycles. The smallest absolute Gasteiger partial charge is 0.254 e. The van der Waals surface area contributed by atoms with Gasteiger partial charge in [0, 0.05) is 18.2 Å². The largest absolute Gasteiger partial charge is 0.508 e. The lowest BCUT2D eigenvalue weighted by molar-refractivity contribution is 0.0716. The topological polar surface area (TPSA) is 40.5 Å². The minimum atomic E-state index is 0.0231. The molecule has 1 N–H and O–H groups in total. The second-order valence-corrected chi connectivity index (χ2v) is 4.18. The lowest BCUT2D eigenvalue weighted by Crippen LogP contribution is -2.37. The van der Waals surface area contributed by atoms with Crippen LogP contribution < -0.4 is 0 Å². The molecule has 3 heteroatoms. The van der Waals surface area contributed by atoms with Crippen LogP contribution in [0.4, 0.5) is 0 Å². The predicted molar refractivity (Wildman–Crippen MR) is 64.7 cm³/mol. The SMILES string of the molecule is CCN(C(=O)c1ccc(O)cc1C)C(C)C. The molecule has 0 aliphatic heterocycles. The Morgan fingerprint density at radius 1 is 1.44 bits per heavy atom. The van der Waals surface area contributed by atoms with Crippen LogP contribution in [0.15, 0.2) is 18.2 Å². The number of phenolic OH excluding ortho intramolecular Hbond substituents is 1. The highest BCUT2D eigenvalue weighted by Crippen LogP contribution is 2.18. The van der Waals surface area contributed by atoms with Crippen molar-refractivity contribution >= 4 is 5.91 Å². The first-order valence-corrected chi connectivity index (χ1v) is 5.58. The normalized spacial score (nSPS) is 10.6. The van der Waals surface area contributed by atoms with Crippen LogP contribution in [0.5, 0.6) is 5.75 Å². The first-order chi connectivity index (χ1) is 7.47. The number of nitrogens with zero attached hydrogens (tertiary/aromatic N) is 1. The number of benzene rings is 1. The van der Waals surface area contributed by atoms with Gasteiger partial charge in [-0.15, -0.1) is 0 Å². The molecule has 0 spiro atoms. The van der Waals surface area contributed by atoms with E-state index in [-0.39, 0.29) is 17.7 Å². The van der Waals surface area contributed by atoms with E-state index in [4.69, 9.17) is 0 Å². The van der Waals surface area contributed by atoms with Gasteiger partial charge < -0.3 is 10.0 Å². The van der Waals surface area contributed by atoms with Gasteiger partial charge in [0.15, 0.2) is 0 Å². The van der Waals surface area contributed by atoms with E-state index in [0.29, 0.717) is 12.1 Å². The summed E-state index contributed by atoms with van der Waals surface area (Å²) >= 11 is 0. The molecule has 0 radical (unpaired) electrons. The molecule has 1 aromatic carbocycles. The fourth-order valence-electron chi connectivity index (χ4n) is 1.79. The summed E-state index contributed by atoms with van der Waals surface area (Å²) in [5, 5.41) is 9.30. The third-order valence-corrected chi connectivity index (χ3v) is 2.67. The molecule has 16 heavy (non-hydrogen) atoms. The van der Waals surface area contributed by atoms with Crippen molar-refractivity contribution in [3.05, 3.63) is 29.3 Å². The molecule has 0 unspecified atom stereocenters. The lowest BCUT2D eigenvalue weighted by atomic mass is 10.1. The zero-order chi connectivity index (χ0) is 12.3. The summed E-state index contributed by atoms with van der Waals surface area (Å²) < 4.78 is 0. The Bertz CT molecular complexity index is 386. The van der Waals surface area contributed by atoms with Gasteiger partial charge >= 0.3 is 0 Å². The molecule has 0 fully saturated rings. The van der Waals surface area contributed by atoms with E-state index in [9.17, 15) is 9.90 Å². The number of aryl methyl sites for hydroxylation is 1. The first-order valence-electron chi connectivity index (χ1n) is 5.58.